The molecule has 0 aliphatic carbocycles. The maximum absolute atomic E-state index is 7.82. The van der Waals surface area contributed by atoms with E-state index in [0.29, 0.717) is 6.42 Å². The van der Waals surface area contributed by atoms with Crippen LogP contribution in [0.1, 0.15) is 45.1 Å². The first-order valence-corrected chi connectivity index (χ1v) is 5.76. The van der Waals surface area contributed by atoms with Gasteiger partial charge in [-0.3, -0.25) is 0 Å². The van der Waals surface area contributed by atoms with Gasteiger partial charge in [-0.05, 0) is 24.8 Å². The average molecular weight is 203 g/mol. The van der Waals surface area contributed by atoms with Crippen LogP contribution in [0.5, 0.6) is 0 Å². The molecule has 1 aromatic carbocycles. The standard InChI is InChI=1S/C10H14.C4H7N/c1-2-3-7-10-8-5-4-6-9-10;1-2-3-4-5/h4-6,8-9H,2-3,7H2,1H3;2-3H2,1H3. The molecule has 0 aliphatic rings. The normalized spacial score (nSPS) is 8.60. The molecule has 0 N–H and O–H groups in total. The van der Waals surface area contributed by atoms with E-state index in [9.17, 15) is 0 Å². The van der Waals surface area contributed by atoms with Crippen LogP contribution in [0.25, 0.3) is 0 Å². The number of hydrogen-bond donors (Lipinski definition) is 0. The molecular formula is C14H21N. The minimum atomic E-state index is 0.694. The Labute approximate surface area is 93.7 Å². The molecule has 1 nitrogen and oxygen atoms in total. The second kappa shape index (κ2) is 10.8. The number of hydrogen-bond acceptors (Lipinski definition) is 1. The van der Waals surface area contributed by atoms with Crippen molar-refractivity contribution in [3.8, 4) is 6.07 Å². The summed E-state index contributed by atoms with van der Waals surface area (Å²) < 4.78 is 0. The van der Waals surface area contributed by atoms with Crippen LogP contribution in [0.3, 0.4) is 0 Å². The smallest absolute Gasteiger partial charge is 0.0621 e. The number of unbranched alkanes of at least 4 members (excludes halogenated alkanes) is 2. The van der Waals surface area contributed by atoms with Crippen LogP contribution < -0.4 is 0 Å². The van der Waals surface area contributed by atoms with Crippen LogP contribution in [0, 0.1) is 11.3 Å². The van der Waals surface area contributed by atoms with Crippen molar-refractivity contribution < 1.29 is 0 Å². The first kappa shape index (κ1) is 13.7. The van der Waals surface area contributed by atoms with Gasteiger partial charge in [-0.25, -0.2) is 0 Å². The van der Waals surface area contributed by atoms with Crippen LogP contribution in [0.2, 0.25) is 0 Å². The first-order chi connectivity index (χ1) is 7.35. The van der Waals surface area contributed by atoms with Gasteiger partial charge in [0.05, 0.1) is 6.07 Å². The molecule has 0 aliphatic heterocycles. The maximum atomic E-state index is 7.82. The molecule has 0 fully saturated rings. The van der Waals surface area contributed by atoms with E-state index >= 15 is 0 Å². The van der Waals surface area contributed by atoms with Gasteiger partial charge in [0, 0.05) is 6.42 Å². The van der Waals surface area contributed by atoms with E-state index in [1.165, 1.54) is 24.8 Å². The molecule has 1 heteroatoms. The summed E-state index contributed by atoms with van der Waals surface area (Å²) in [6, 6.07) is 12.7. The summed E-state index contributed by atoms with van der Waals surface area (Å²) in [4.78, 5) is 0. The molecule has 0 amide bonds. The van der Waals surface area contributed by atoms with Crippen molar-refractivity contribution in [1.82, 2.24) is 0 Å². The lowest BCUT2D eigenvalue weighted by Crippen LogP contribution is -1.81. The fourth-order valence-electron chi connectivity index (χ4n) is 1.14. The van der Waals surface area contributed by atoms with Crippen molar-refractivity contribution in [3.05, 3.63) is 35.9 Å². The van der Waals surface area contributed by atoms with Crippen LogP contribution in [-0.4, -0.2) is 0 Å². The van der Waals surface area contributed by atoms with Crippen LogP contribution in [-0.2, 0) is 6.42 Å². The molecule has 0 radical (unpaired) electrons. The van der Waals surface area contributed by atoms with Gasteiger partial charge in [-0.1, -0.05) is 50.6 Å². The zero-order valence-corrected chi connectivity index (χ0v) is 9.87. The third kappa shape index (κ3) is 9.02. The highest BCUT2D eigenvalue weighted by molar-refractivity contribution is 5.14. The molecule has 1 rings (SSSR count). The van der Waals surface area contributed by atoms with E-state index in [4.69, 9.17) is 5.26 Å². The number of rotatable bonds is 4. The predicted molar refractivity (Wildman–Crippen MR) is 65.6 cm³/mol. The molecule has 0 saturated carbocycles. The highest BCUT2D eigenvalue weighted by Gasteiger charge is 1.87. The Hall–Kier alpha value is -1.29. The van der Waals surface area contributed by atoms with Gasteiger partial charge in [0.15, 0.2) is 0 Å². The third-order valence-electron chi connectivity index (χ3n) is 2.02. The summed E-state index contributed by atoms with van der Waals surface area (Å²) >= 11 is 0. The van der Waals surface area contributed by atoms with Crippen molar-refractivity contribution >= 4 is 0 Å². The molecule has 0 aromatic heterocycles. The second-order valence-electron chi connectivity index (χ2n) is 3.50. The Bertz CT molecular complexity index is 258. The zero-order valence-electron chi connectivity index (χ0n) is 9.87. The Kier molecular flexibility index (Phi) is 9.86. The lowest BCUT2D eigenvalue weighted by atomic mass is 10.1. The zero-order chi connectivity index (χ0) is 11.4. The minimum absolute atomic E-state index is 0.694. The third-order valence-corrected chi connectivity index (χ3v) is 2.02. The number of nitrogens with zero attached hydrogens (tertiary/aromatic N) is 1. The topological polar surface area (TPSA) is 23.8 Å². The van der Waals surface area contributed by atoms with Gasteiger partial charge < -0.3 is 0 Å². The van der Waals surface area contributed by atoms with Gasteiger partial charge in [0.2, 0.25) is 0 Å². The fraction of sp³-hybridized carbons (Fsp3) is 0.500. The second-order valence-corrected chi connectivity index (χ2v) is 3.50. The lowest BCUT2D eigenvalue weighted by molar-refractivity contribution is 0.795. The molecule has 1 aromatic rings. The predicted octanol–water partition coefficient (Wildman–Crippen LogP) is 4.34. The minimum Gasteiger partial charge on any atom is -0.198 e. The number of aryl methyl sites for hydroxylation is 1. The molecular weight excluding hydrogens is 182 g/mol. The summed E-state index contributed by atoms with van der Waals surface area (Å²) in [6.07, 6.45) is 5.51. The van der Waals surface area contributed by atoms with Gasteiger partial charge >= 0.3 is 0 Å². The highest BCUT2D eigenvalue weighted by Crippen LogP contribution is 2.03. The molecule has 15 heavy (non-hydrogen) atoms. The molecule has 82 valence electrons. The van der Waals surface area contributed by atoms with Crippen molar-refractivity contribution in [2.24, 2.45) is 0 Å². The monoisotopic (exact) mass is 203 g/mol. The van der Waals surface area contributed by atoms with Crippen LogP contribution in [0.15, 0.2) is 30.3 Å². The largest absolute Gasteiger partial charge is 0.198 e. The Morgan fingerprint density at radius 1 is 1.07 bits per heavy atom. The quantitative estimate of drug-likeness (QED) is 0.714. The lowest BCUT2D eigenvalue weighted by Gasteiger charge is -1.96. The molecule has 0 unspecified atom stereocenters. The first-order valence-electron chi connectivity index (χ1n) is 5.76. The van der Waals surface area contributed by atoms with E-state index in [2.05, 4.69) is 37.3 Å². The molecule has 0 atom stereocenters. The Morgan fingerprint density at radius 3 is 2.13 bits per heavy atom. The van der Waals surface area contributed by atoms with E-state index in [0.717, 1.165) is 6.42 Å². The maximum Gasteiger partial charge on any atom is 0.0621 e. The van der Waals surface area contributed by atoms with E-state index in [1.54, 1.807) is 0 Å². The fourth-order valence-corrected chi connectivity index (χ4v) is 1.14. The van der Waals surface area contributed by atoms with Crippen molar-refractivity contribution in [3.63, 3.8) is 0 Å². The van der Waals surface area contributed by atoms with Gasteiger partial charge in [-0.2, -0.15) is 5.26 Å². The summed E-state index contributed by atoms with van der Waals surface area (Å²) in [5.74, 6) is 0. The van der Waals surface area contributed by atoms with E-state index < -0.39 is 0 Å². The highest BCUT2D eigenvalue weighted by atomic mass is 14.2. The van der Waals surface area contributed by atoms with Gasteiger partial charge in [-0.15, -0.1) is 0 Å². The average Bonchev–Trinajstić information content (AvgIpc) is 2.30. The molecule has 0 heterocycles. The summed E-state index contributed by atoms with van der Waals surface area (Å²) in [7, 11) is 0. The Morgan fingerprint density at radius 2 is 1.73 bits per heavy atom. The molecule has 0 bridgehead atoms. The van der Waals surface area contributed by atoms with Gasteiger partial charge in [0.25, 0.3) is 0 Å². The summed E-state index contributed by atoms with van der Waals surface area (Å²) in [6.45, 7) is 4.21. The van der Waals surface area contributed by atoms with E-state index in [1.807, 2.05) is 13.0 Å². The number of benzene rings is 1. The van der Waals surface area contributed by atoms with Crippen molar-refractivity contribution in [2.45, 2.75) is 46.0 Å². The van der Waals surface area contributed by atoms with E-state index in [-0.39, 0.29) is 0 Å². The van der Waals surface area contributed by atoms with Gasteiger partial charge in [0.1, 0.15) is 0 Å². The number of nitriles is 1. The summed E-state index contributed by atoms with van der Waals surface area (Å²) in [5.41, 5.74) is 1.46. The SMILES string of the molecule is CCCC#N.CCCCc1ccccc1. The molecule has 0 saturated heterocycles. The Balaban J connectivity index is 0.000000336. The van der Waals surface area contributed by atoms with Crippen molar-refractivity contribution in [1.29, 1.82) is 5.26 Å². The molecule has 0 spiro atoms. The summed E-state index contributed by atoms with van der Waals surface area (Å²) in [5, 5.41) is 7.82. The van der Waals surface area contributed by atoms with Crippen LogP contribution in [0.4, 0.5) is 0 Å². The van der Waals surface area contributed by atoms with Crippen LogP contribution >= 0.6 is 0 Å². The van der Waals surface area contributed by atoms with Crippen molar-refractivity contribution in [2.75, 3.05) is 0 Å².